The third-order valence-corrected chi connectivity index (χ3v) is 3.20. The van der Waals surface area contributed by atoms with Crippen LogP contribution in [0.25, 0.3) is 0 Å². The Hall–Kier alpha value is -0.820. The Morgan fingerprint density at radius 3 is 2.18 bits per heavy atom. The molecule has 1 nitrogen and oxygen atoms in total. The molecule has 0 spiro atoms. The fraction of sp³-hybridized carbons (Fsp3) is 0.625. The van der Waals surface area contributed by atoms with Gasteiger partial charge in [0.05, 0.1) is 0 Å². The normalized spacial score (nSPS) is 13.7. The van der Waals surface area contributed by atoms with E-state index < -0.39 is 0 Å². The Kier molecular flexibility index (Phi) is 5.20. The van der Waals surface area contributed by atoms with Crippen molar-refractivity contribution >= 4 is 0 Å². The van der Waals surface area contributed by atoms with E-state index >= 15 is 0 Å². The van der Waals surface area contributed by atoms with Crippen molar-refractivity contribution in [3.8, 4) is 0 Å². The van der Waals surface area contributed by atoms with Gasteiger partial charge in [-0.3, -0.25) is 0 Å². The second kappa shape index (κ2) is 6.20. The molecule has 1 heteroatoms. The number of nitrogens with one attached hydrogen (secondary N) is 1. The standard InChI is InChI=1S/C16H27N/c1-6-7-13(2)17-12-14-8-10-15(11-9-14)16(3,4)5/h8-11,13,17H,6-7,12H2,1-5H3. The fourth-order valence-corrected chi connectivity index (χ4v) is 1.95. The molecule has 0 aromatic heterocycles. The fourth-order valence-electron chi connectivity index (χ4n) is 1.95. The molecule has 1 N–H and O–H groups in total. The van der Waals surface area contributed by atoms with Crippen LogP contribution in [-0.2, 0) is 12.0 Å². The Bertz CT molecular complexity index is 318. The van der Waals surface area contributed by atoms with Crippen LogP contribution in [-0.4, -0.2) is 6.04 Å². The first-order chi connectivity index (χ1) is 7.93. The minimum absolute atomic E-state index is 0.251. The van der Waals surface area contributed by atoms with Gasteiger partial charge in [0, 0.05) is 12.6 Å². The average molecular weight is 233 g/mol. The highest BCUT2D eigenvalue weighted by Gasteiger charge is 2.12. The maximum Gasteiger partial charge on any atom is 0.0207 e. The van der Waals surface area contributed by atoms with E-state index in [9.17, 15) is 0 Å². The maximum atomic E-state index is 3.56. The van der Waals surface area contributed by atoms with Gasteiger partial charge in [-0.05, 0) is 29.9 Å². The zero-order chi connectivity index (χ0) is 12.9. The average Bonchev–Trinajstić information content (AvgIpc) is 2.26. The molecular weight excluding hydrogens is 206 g/mol. The van der Waals surface area contributed by atoms with Crippen LogP contribution in [0.15, 0.2) is 24.3 Å². The van der Waals surface area contributed by atoms with E-state index in [1.54, 1.807) is 0 Å². The molecule has 1 rings (SSSR count). The van der Waals surface area contributed by atoms with Gasteiger partial charge < -0.3 is 5.32 Å². The van der Waals surface area contributed by atoms with E-state index in [1.165, 1.54) is 24.0 Å². The first-order valence-electron chi connectivity index (χ1n) is 6.76. The summed E-state index contributed by atoms with van der Waals surface area (Å²) in [4.78, 5) is 0. The van der Waals surface area contributed by atoms with Gasteiger partial charge in [-0.15, -0.1) is 0 Å². The Balaban J connectivity index is 2.51. The van der Waals surface area contributed by atoms with E-state index in [-0.39, 0.29) is 5.41 Å². The molecule has 0 heterocycles. The lowest BCUT2D eigenvalue weighted by molar-refractivity contribution is 0.508. The summed E-state index contributed by atoms with van der Waals surface area (Å²) in [6.07, 6.45) is 2.50. The SMILES string of the molecule is CCCC(C)NCc1ccc(C(C)(C)C)cc1. The molecular formula is C16H27N. The van der Waals surface area contributed by atoms with E-state index in [0.717, 1.165) is 6.54 Å². The predicted molar refractivity (Wildman–Crippen MR) is 76.4 cm³/mol. The van der Waals surface area contributed by atoms with Gasteiger partial charge in [0.15, 0.2) is 0 Å². The number of benzene rings is 1. The Labute approximate surface area is 107 Å². The molecule has 17 heavy (non-hydrogen) atoms. The summed E-state index contributed by atoms with van der Waals surface area (Å²) in [5.41, 5.74) is 3.03. The monoisotopic (exact) mass is 233 g/mol. The molecule has 0 saturated carbocycles. The van der Waals surface area contributed by atoms with Gasteiger partial charge in [0.2, 0.25) is 0 Å². The van der Waals surface area contributed by atoms with Gasteiger partial charge in [-0.2, -0.15) is 0 Å². The summed E-state index contributed by atoms with van der Waals surface area (Å²) in [6, 6.07) is 9.60. The van der Waals surface area contributed by atoms with Crippen molar-refractivity contribution in [2.45, 2.75) is 65.5 Å². The third kappa shape index (κ3) is 4.91. The molecule has 0 radical (unpaired) electrons. The Morgan fingerprint density at radius 2 is 1.71 bits per heavy atom. The van der Waals surface area contributed by atoms with Crippen molar-refractivity contribution < 1.29 is 0 Å². The number of hydrogen-bond donors (Lipinski definition) is 1. The highest BCUT2D eigenvalue weighted by atomic mass is 14.9. The summed E-state index contributed by atoms with van der Waals surface area (Å²) in [5, 5.41) is 3.56. The van der Waals surface area contributed by atoms with E-state index in [2.05, 4.69) is 64.2 Å². The lowest BCUT2D eigenvalue weighted by Gasteiger charge is -2.19. The minimum atomic E-state index is 0.251. The molecule has 1 aromatic rings. The summed E-state index contributed by atoms with van der Waals surface area (Å²) in [7, 11) is 0. The lowest BCUT2D eigenvalue weighted by atomic mass is 9.87. The molecule has 1 aromatic carbocycles. The largest absolute Gasteiger partial charge is 0.310 e. The van der Waals surface area contributed by atoms with Gasteiger partial charge >= 0.3 is 0 Å². The molecule has 0 amide bonds. The number of hydrogen-bond acceptors (Lipinski definition) is 1. The molecule has 96 valence electrons. The zero-order valence-electron chi connectivity index (χ0n) is 12.0. The van der Waals surface area contributed by atoms with Crippen molar-refractivity contribution in [2.24, 2.45) is 0 Å². The van der Waals surface area contributed by atoms with Crippen LogP contribution >= 0.6 is 0 Å². The van der Waals surface area contributed by atoms with Crippen LogP contribution in [0.4, 0.5) is 0 Å². The predicted octanol–water partition coefficient (Wildman–Crippen LogP) is 4.26. The van der Waals surface area contributed by atoms with Crippen molar-refractivity contribution in [3.05, 3.63) is 35.4 Å². The summed E-state index contributed by atoms with van der Waals surface area (Å²) < 4.78 is 0. The third-order valence-electron chi connectivity index (χ3n) is 3.20. The second-order valence-corrected chi connectivity index (χ2v) is 6.02. The Morgan fingerprint density at radius 1 is 1.12 bits per heavy atom. The van der Waals surface area contributed by atoms with Crippen molar-refractivity contribution in [3.63, 3.8) is 0 Å². The van der Waals surface area contributed by atoms with Crippen LogP contribution in [0.5, 0.6) is 0 Å². The molecule has 0 bridgehead atoms. The molecule has 0 aliphatic heterocycles. The molecule has 0 saturated heterocycles. The summed E-state index contributed by atoms with van der Waals surface area (Å²) in [5.74, 6) is 0. The van der Waals surface area contributed by atoms with E-state index in [4.69, 9.17) is 0 Å². The highest BCUT2D eigenvalue weighted by molar-refractivity contribution is 5.27. The molecule has 0 aliphatic rings. The van der Waals surface area contributed by atoms with E-state index in [0.29, 0.717) is 6.04 Å². The quantitative estimate of drug-likeness (QED) is 0.801. The van der Waals surface area contributed by atoms with Gasteiger partial charge in [0.1, 0.15) is 0 Å². The van der Waals surface area contributed by atoms with Crippen molar-refractivity contribution in [1.29, 1.82) is 0 Å². The van der Waals surface area contributed by atoms with Crippen LogP contribution in [0.2, 0.25) is 0 Å². The molecule has 0 fully saturated rings. The van der Waals surface area contributed by atoms with E-state index in [1.807, 2.05) is 0 Å². The second-order valence-electron chi connectivity index (χ2n) is 6.02. The minimum Gasteiger partial charge on any atom is -0.310 e. The van der Waals surface area contributed by atoms with Crippen molar-refractivity contribution in [1.82, 2.24) is 5.32 Å². The smallest absolute Gasteiger partial charge is 0.0207 e. The first kappa shape index (κ1) is 14.2. The van der Waals surface area contributed by atoms with Gasteiger partial charge in [-0.1, -0.05) is 58.4 Å². The van der Waals surface area contributed by atoms with Gasteiger partial charge in [0.25, 0.3) is 0 Å². The number of rotatable bonds is 5. The highest BCUT2D eigenvalue weighted by Crippen LogP contribution is 2.22. The van der Waals surface area contributed by atoms with Crippen molar-refractivity contribution in [2.75, 3.05) is 0 Å². The summed E-state index contributed by atoms with van der Waals surface area (Å²) >= 11 is 0. The van der Waals surface area contributed by atoms with Crippen LogP contribution < -0.4 is 5.32 Å². The van der Waals surface area contributed by atoms with Crippen LogP contribution in [0.1, 0.15) is 58.6 Å². The zero-order valence-corrected chi connectivity index (χ0v) is 12.0. The molecule has 0 aliphatic carbocycles. The topological polar surface area (TPSA) is 12.0 Å². The first-order valence-corrected chi connectivity index (χ1v) is 6.76. The van der Waals surface area contributed by atoms with Crippen LogP contribution in [0, 0.1) is 0 Å². The maximum absolute atomic E-state index is 3.56. The summed E-state index contributed by atoms with van der Waals surface area (Å²) in [6.45, 7) is 12.2. The molecule has 1 unspecified atom stereocenters. The van der Waals surface area contributed by atoms with Crippen LogP contribution in [0.3, 0.4) is 0 Å². The van der Waals surface area contributed by atoms with Gasteiger partial charge in [-0.25, -0.2) is 0 Å². The molecule has 1 atom stereocenters. The lowest BCUT2D eigenvalue weighted by Crippen LogP contribution is -2.25.